The van der Waals surface area contributed by atoms with Crippen molar-refractivity contribution in [1.82, 2.24) is 20.4 Å². The summed E-state index contributed by atoms with van der Waals surface area (Å²) in [5, 5.41) is 11.2. The van der Waals surface area contributed by atoms with Crippen LogP contribution in [0.3, 0.4) is 0 Å². The van der Waals surface area contributed by atoms with E-state index in [2.05, 4.69) is 15.7 Å². The summed E-state index contributed by atoms with van der Waals surface area (Å²) in [7, 11) is 3.53. The maximum absolute atomic E-state index is 12.7. The molecular weight excluding hydrogens is 375 g/mol. The van der Waals surface area contributed by atoms with Gasteiger partial charge in [0.25, 0.3) is 0 Å². The molecular formula is C18H24Cl2N4O2. The molecule has 3 atom stereocenters. The van der Waals surface area contributed by atoms with Gasteiger partial charge in [0.1, 0.15) is 0 Å². The first-order chi connectivity index (χ1) is 12.1. The summed E-state index contributed by atoms with van der Waals surface area (Å²) in [5.41, 5.74) is 2.08. The lowest BCUT2D eigenvalue weighted by atomic mass is 9.90. The lowest BCUT2D eigenvalue weighted by Crippen LogP contribution is -2.37. The smallest absolute Gasteiger partial charge is 0.225 e. The first kappa shape index (κ1) is 20.7. The van der Waals surface area contributed by atoms with Crippen LogP contribution in [-0.2, 0) is 16.6 Å². The molecule has 1 saturated heterocycles. The summed E-state index contributed by atoms with van der Waals surface area (Å²) < 4.78 is 7.29. The Morgan fingerprint density at radius 1 is 1.42 bits per heavy atom. The fourth-order valence-corrected chi connectivity index (χ4v) is 3.40. The van der Waals surface area contributed by atoms with Crippen LogP contribution < -0.4 is 10.6 Å². The Balaban J connectivity index is 0.00000243. The predicted octanol–water partition coefficient (Wildman–Crippen LogP) is 2.30. The van der Waals surface area contributed by atoms with Crippen LogP contribution in [0.2, 0.25) is 5.02 Å². The summed E-state index contributed by atoms with van der Waals surface area (Å²) in [6.45, 7) is 1.88. The molecule has 142 valence electrons. The molecule has 1 aliphatic rings. The standard InChI is InChI=1S/C18H23ClN4O2.ClH/c1-23-11-13(7-22-23)15-8-20-9-16(15)18(24)21-10-17(25-2)12-3-5-14(19)6-4-12;/h3-7,11,15-17,20H,8-10H2,1-2H3,(H,21,24);1H/t15-,16+,17?;/m1./s1. The van der Waals surface area contributed by atoms with Crippen LogP contribution in [0, 0.1) is 5.92 Å². The Labute approximate surface area is 164 Å². The molecule has 2 N–H and O–H groups in total. The van der Waals surface area contributed by atoms with E-state index < -0.39 is 0 Å². The Morgan fingerprint density at radius 3 is 2.77 bits per heavy atom. The number of hydrogen-bond donors (Lipinski definition) is 2. The maximum atomic E-state index is 12.7. The molecule has 2 heterocycles. The fraction of sp³-hybridized carbons (Fsp3) is 0.444. The largest absolute Gasteiger partial charge is 0.375 e. The molecule has 1 aromatic heterocycles. The van der Waals surface area contributed by atoms with E-state index in [1.165, 1.54) is 0 Å². The van der Waals surface area contributed by atoms with Crippen LogP contribution in [0.4, 0.5) is 0 Å². The third-order valence-electron chi connectivity index (χ3n) is 4.69. The number of benzene rings is 1. The summed E-state index contributed by atoms with van der Waals surface area (Å²) in [5.74, 6) is 0.0759. The topological polar surface area (TPSA) is 68.2 Å². The fourth-order valence-electron chi connectivity index (χ4n) is 3.28. The number of carbonyl (C=O) groups is 1. The zero-order chi connectivity index (χ0) is 17.8. The third-order valence-corrected chi connectivity index (χ3v) is 4.94. The van der Waals surface area contributed by atoms with E-state index in [0.717, 1.165) is 17.7 Å². The average Bonchev–Trinajstić information content (AvgIpc) is 3.25. The van der Waals surface area contributed by atoms with Crippen LogP contribution in [0.1, 0.15) is 23.1 Å². The highest BCUT2D eigenvalue weighted by Crippen LogP contribution is 2.28. The van der Waals surface area contributed by atoms with Gasteiger partial charge in [-0.05, 0) is 23.3 Å². The molecule has 3 rings (SSSR count). The van der Waals surface area contributed by atoms with Crippen LogP contribution in [-0.4, -0.2) is 42.4 Å². The zero-order valence-corrected chi connectivity index (χ0v) is 16.4. The van der Waals surface area contributed by atoms with Crippen molar-refractivity contribution in [1.29, 1.82) is 0 Å². The van der Waals surface area contributed by atoms with E-state index in [9.17, 15) is 4.79 Å². The number of aromatic nitrogens is 2. The number of carbonyl (C=O) groups excluding carboxylic acids is 1. The van der Waals surface area contributed by atoms with Gasteiger partial charge in [-0.25, -0.2) is 0 Å². The van der Waals surface area contributed by atoms with Crippen molar-refractivity contribution in [2.75, 3.05) is 26.7 Å². The van der Waals surface area contributed by atoms with Crippen molar-refractivity contribution >= 4 is 29.9 Å². The predicted molar refractivity (Wildman–Crippen MR) is 104 cm³/mol. The van der Waals surface area contributed by atoms with Crippen LogP contribution in [0.5, 0.6) is 0 Å². The Bertz CT molecular complexity index is 720. The number of halogens is 2. The number of amides is 1. The quantitative estimate of drug-likeness (QED) is 0.783. The molecule has 0 spiro atoms. The number of nitrogens with one attached hydrogen (secondary N) is 2. The van der Waals surface area contributed by atoms with E-state index in [1.807, 2.05) is 43.7 Å². The summed E-state index contributed by atoms with van der Waals surface area (Å²) >= 11 is 5.92. The molecule has 1 fully saturated rings. The van der Waals surface area contributed by atoms with Crippen molar-refractivity contribution in [2.24, 2.45) is 13.0 Å². The summed E-state index contributed by atoms with van der Waals surface area (Å²) in [4.78, 5) is 12.7. The molecule has 0 bridgehead atoms. The lowest BCUT2D eigenvalue weighted by Gasteiger charge is -2.20. The van der Waals surface area contributed by atoms with Crippen molar-refractivity contribution in [3.63, 3.8) is 0 Å². The molecule has 8 heteroatoms. The van der Waals surface area contributed by atoms with Crippen molar-refractivity contribution in [3.05, 3.63) is 52.8 Å². The minimum Gasteiger partial charge on any atom is -0.375 e. The zero-order valence-electron chi connectivity index (χ0n) is 14.8. The van der Waals surface area contributed by atoms with E-state index in [4.69, 9.17) is 16.3 Å². The highest BCUT2D eigenvalue weighted by Gasteiger charge is 2.34. The molecule has 6 nitrogen and oxygen atoms in total. The van der Waals surface area contributed by atoms with Gasteiger partial charge in [-0.1, -0.05) is 23.7 Å². The van der Waals surface area contributed by atoms with Crippen LogP contribution in [0.15, 0.2) is 36.7 Å². The van der Waals surface area contributed by atoms with Gasteiger partial charge < -0.3 is 15.4 Å². The normalized spacial score (nSPS) is 20.4. The highest BCUT2D eigenvalue weighted by molar-refractivity contribution is 6.30. The SMILES string of the molecule is COC(CNC(=O)[C@H]1CNC[C@@H]1c1cnn(C)c1)c1ccc(Cl)cc1.Cl. The molecule has 1 aliphatic heterocycles. The van der Waals surface area contributed by atoms with Gasteiger partial charge in [-0.15, -0.1) is 12.4 Å². The Hall–Kier alpha value is -1.60. The monoisotopic (exact) mass is 398 g/mol. The average molecular weight is 399 g/mol. The van der Waals surface area contributed by atoms with Crippen LogP contribution >= 0.6 is 24.0 Å². The third kappa shape index (κ3) is 4.76. The Kier molecular flexibility index (Phi) is 7.46. The highest BCUT2D eigenvalue weighted by atomic mass is 35.5. The molecule has 0 saturated carbocycles. The first-order valence-electron chi connectivity index (χ1n) is 8.33. The van der Waals surface area contributed by atoms with Gasteiger partial charge in [0.2, 0.25) is 5.91 Å². The van der Waals surface area contributed by atoms with Gasteiger partial charge in [0.15, 0.2) is 0 Å². The number of hydrogen-bond acceptors (Lipinski definition) is 4. The van der Waals surface area contributed by atoms with Gasteiger partial charge in [-0.2, -0.15) is 5.10 Å². The van der Waals surface area contributed by atoms with E-state index >= 15 is 0 Å². The first-order valence-corrected chi connectivity index (χ1v) is 8.71. The lowest BCUT2D eigenvalue weighted by molar-refractivity contribution is -0.125. The number of aryl methyl sites for hydroxylation is 1. The molecule has 1 unspecified atom stereocenters. The number of nitrogens with zero attached hydrogens (tertiary/aromatic N) is 2. The Morgan fingerprint density at radius 2 is 2.15 bits per heavy atom. The van der Waals surface area contributed by atoms with Crippen LogP contribution in [0.25, 0.3) is 0 Å². The van der Waals surface area contributed by atoms with Gasteiger partial charge >= 0.3 is 0 Å². The molecule has 26 heavy (non-hydrogen) atoms. The second kappa shape index (κ2) is 9.37. The number of methoxy groups -OCH3 is 1. The number of ether oxygens (including phenoxy) is 1. The molecule has 2 aromatic rings. The second-order valence-electron chi connectivity index (χ2n) is 6.34. The van der Waals surface area contributed by atoms with Crippen molar-refractivity contribution in [2.45, 2.75) is 12.0 Å². The minimum absolute atomic E-state index is 0. The molecule has 1 aromatic carbocycles. The van der Waals surface area contributed by atoms with E-state index in [0.29, 0.717) is 18.1 Å². The van der Waals surface area contributed by atoms with Crippen molar-refractivity contribution in [3.8, 4) is 0 Å². The second-order valence-corrected chi connectivity index (χ2v) is 6.78. The molecule has 1 amide bonds. The summed E-state index contributed by atoms with van der Waals surface area (Å²) in [6, 6.07) is 7.48. The maximum Gasteiger partial charge on any atom is 0.225 e. The molecule has 0 radical (unpaired) electrons. The van der Waals surface area contributed by atoms with E-state index in [1.54, 1.807) is 11.8 Å². The van der Waals surface area contributed by atoms with Gasteiger partial charge in [-0.3, -0.25) is 9.48 Å². The minimum atomic E-state index is -0.201. The van der Waals surface area contributed by atoms with Gasteiger partial charge in [0.05, 0.1) is 18.2 Å². The number of rotatable bonds is 6. The molecule has 0 aliphatic carbocycles. The van der Waals surface area contributed by atoms with Crippen molar-refractivity contribution < 1.29 is 9.53 Å². The van der Waals surface area contributed by atoms with Gasteiger partial charge in [0, 0.05) is 50.9 Å². The van der Waals surface area contributed by atoms with E-state index in [-0.39, 0.29) is 36.3 Å². The summed E-state index contributed by atoms with van der Waals surface area (Å²) in [6.07, 6.45) is 3.61.